The second-order valence-corrected chi connectivity index (χ2v) is 8.15. The molecule has 0 aliphatic carbocycles. The van der Waals surface area contributed by atoms with Gasteiger partial charge in [0.05, 0.1) is 24.3 Å². The molecule has 0 unspecified atom stereocenters. The van der Waals surface area contributed by atoms with E-state index in [1.807, 2.05) is 4.90 Å². The number of ether oxygens (including phenoxy) is 1. The lowest BCUT2D eigenvalue weighted by Gasteiger charge is -2.36. The SMILES string of the molecule is O=C(CCCN1C(=O)c2ccccc2C1=O)N1CCC(CN2CCOCC2)CC1. The zero-order valence-electron chi connectivity index (χ0n) is 16.8. The summed E-state index contributed by atoms with van der Waals surface area (Å²) in [5, 5.41) is 0. The summed E-state index contributed by atoms with van der Waals surface area (Å²) in [6.45, 7) is 6.68. The second-order valence-electron chi connectivity index (χ2n) is 8.15. The number of carbonyl (C=O) groups is 3. The van der Waals surface area contributed by atoms with Crippen molar-refractivity contribution in [1.29, 1.82) is 0 Å². The number of piperidine rings is 1. The highest BCUT2D eigenvalue weighted by atomic mass is 16.5. The number of amides is 3. The Morgan fingerprint density at radius 1 is 0.966 bits per heavy atom. The Balaban J connectivity index is 1.18. The van der Waals surface area contributed by atoms with E-state index in [0.717, 1.165) is 58.8 Å². The molecule has 29 heavy (non-hydrogen) atoms. The summed E-state index contributed by atoms with van der Waals surface area (Å²) in [5.74, 6) is 0.283. The van der Waals surface area contributed by atoms with Crippen LogP contribution in [0, 0.1) is 5.92 Å². The van der Waals surface area contributed by atoms with E-state index in [-0.39, 0.29) is 17.7 Å². The highest BCUT2D eigenvalue weighted by Gasteiger charge is 2.34. The number of carbonyl (C=O) groups excluding carboxylic acids is 3. The summed E-state index contributed by atoms with van der Waals surface area (Å²) in [7, 11) is 0. The molecule has 3 amide bonds. The molecule has 1 aromatic rings. The first-order chi connectivity index (χ1) is 14.1. The Morgan fingerprint density at radius 3 is 2.21 bits per heavy atom. The molecule has 0 aromatic heterocycles. The van der Waals surface area contributed by atoms with Crippen LogP contribution in [-0.2, 0) is 9.53 Å². The van der Waals surface area contributed by atoms with Crippen molar-refractivity contribution in [3.8, 4) is 0 Å². The van der Waals surface area contributed by atoms with E-state index < -0.39 is 0 Å². The minimum absolute atomic E-state index is 0.131. The Morgan fingerprint density at radius 2 is 1.59 bits per heavy atom. The van der Waals surface area contributed by atoms with Crippen LogP contribution in [0.25, 0.3) is 0 Å². The first kappa shape index (κ1) is 20.0. The van der Waals surface area contributed by atoms with E-state index in [2.05, 4.69) is 4.90 Å². The molecule has 0 saturated carbocycles. The lowest BCUT2D eigenvalue weighted by Crippen LogP contribution is -2.44. The number of rotatable bonds is 6. The van der Waals surface area contributed by atoms with Gasteiger partial charge in [-0.05, 0) is 37.3 Å². The molecule has 4 rings (SSSR count). The van der Waals surface area contributed by atoms with Crippen LogP contribution in [0.4, 0.5) is 0 Å². The van der Waals surface area contributed by atoms with Gasteiger partial charge >= 0.3 is 0 Å². The molecular formula is C22H29N3O4. The summed E-state index contributed by atoms with van der Waals surface area (Å²) >= 11 is 0. The van der Waals surface area contributed by atoms with Crippen molar-refractivity contribution in [1.82, 2.24) is 14.7 Å². The first-order valence-corrected chi connectivity index (χ1v) is 10.7. The van der Waals surface area contributed by atoms with Crippen molar-refractivity contribution in [2.45, 2.75) is 25.7 Å². The van der Waals surface area contributed by atoms with Crippen LogP contribution in [-0.4, -0.2) is 84.9 Å². The monoisotopic (exact) mass is 399 g/mol. The Labute approximate surface area is 171 Å². The van der Waals surface area contributed by atoms with Crippen LogP contribution >= 0.6 is 0 Å². The van der Waals surface area contributed by atoms with Crippen LogP contribution < -0.4 is 0 Å². The van der Waals surface area contributed by atoms with Crippen LogP contribution in [0.5, 0.6) is 0 Å². The quantitative estimate of drug-likeness (QED) is 0.680. The molecule has 3 aliphatic heterocycles. The predicted octanol–water partition coefficient (Wildman–Crippen LogP) is 1.63. The molecule has 2 fully saturated rings. The third kappa shape index (κ3) is 4.51. The van der Waals surface area contributed by atoms with Crippen molar-refractivity contribution < 1.29 is 19.1 Å². The molecule has 3 aliphatic rings. The molecule has 1 aromatic carbocycles. The van der Waals surface area contributed by atoms with E-state index in [0.29, 0.717) is 36.4 Å². The molecule has 7 heteroatoms. The van der Waals surface area contributed by atoms with Crippen molar-refractivity contribution in [3.63, 3.8) is 0 Å². The van der Waals surface area contributed by atoms with Crippen molar-refractivity contribution in [2.75, 3.05) is 52.5 Å². The molecule has 0 atom stereocenters. The average Bonchev–Trinajstić information content (AvgIpc) is 3.00. The lowest BCUT2D eigenvalue weighted by atomic mass is 9.95. The van der Waals surface area contributed by atoms with Crippen molar-refractivity contribution in [2.24, 2.45) is 5.92 Å². The summed E-state index contributed by atoms with van der Waals surface area (Å²) in [5.41, 5.74) is 0.928. The summed E-state index contributed by atoms with van der Waals surface area (Å²) in [4.78, 5) is 43.0. The highest BCUT2D eigenvalue weighted by molar-refractivity contribution is 6.21. The van der Waals surface area contributed by atoms with E-state index in [9.17, 15) is 14.4 Å². The van der Waals surface area contributed by atoms with Gasteiger partial charge in [0.15, 0.2) is 0 Å². The second kappa shape index (κ2) is 9.05. The normalized spacial score (nSPS) is 21.0. The van der Waals surface area contributed by atoms with Gasteiger partial charge in [-0.1, -0.05) is 12.1 Å². The average molecular weight is 399 g/mol. The van der Waals surface area contributed by atoms with Crippen molar-refractivity contribution >= 4 is 17.7 Å². The number of hydrogen-bond acceptors (Lipinski definition) is 5. The fraction of sp³-hybridized carbons (Fsp3) is 0.591. The van der Waals surface area contributed by atoms with E-state index in [1.165, 1.54) is 4.90 Å². The van der Waals surface area contributed by atoms with Gasteiger partial charge in [-0.25, -0.2) is 0 Å². The standard InChI is InChI=1S/C22H29N3O4/c26-20(24-10-7-17(8-11-24)16-23-12-14-29-15-13-23)6-3-9-25-21(27)18-4-1-2-5-19(18)22(25)28/h1-2,4-5,17H,3,6-16H2. The Bertz CT molecular complexity index is 732. The maximum atomic E-state index is 12.6. The third-order valence-corrected chi connectivity index (χ3v) is 6.24. The van der Waals surface area contributed by atoms with Gasteiger partial charge in [0, 0.05) is 45.7 Å². The highest BCUT2D eigenvalue weighted by Crippen LogP contribution is 2.23. The van der Waals surface area contributed by atoms with Crippen molar-refractivity contribution in [3.05, 3.63) is 35.4 Å². The van der Waals surface area contributed by atoms with Crippen LogP contribution in [0.1, 0.15) is 46.4 Å². The number of nitrogens with zero attached hydrogens (tertiary/aromatic N) is 3. The molecule has 0 radical (unpaired) electrons. The van der Waals surface area contributed by atoms with E-state index >= 15 is 0 Å². The zero-order valence-corrected chi connectivity index (χ0v) is 16.8. The van der Waals surface area contributed by atoms with Gasteiger partial charge < -0.3 is 9.64 Å². The summed E-state index contributed by atoms with van der Waals surface area (Å²) < 4.78 is 5.40. The number of likely N-dealkylation sites (tertiary alicyclic amines) is 1. The minimum Gasteiger partial charge on any atom is -0.379 e. The number of benzene rings is 1. The fourth-order valence-corrected chi connectivity index (χ4v) is 4.50. The van der Waals surface area contributed by atoms with Gasteiger partial charge in [0.1, 0.15) is 0 Å². The summed E-state index contributed by atoms with van der Waals surface area (Å²) in [6.07, 6.45) is 2.97. The fourth-order valence-electron chi connectivity index (χ4n) is 4.50. The molecule has 0 N–H and O–H groups in total. The number of morpholine rings is 1. The minimum atomic E-state index is -0.248. The number of hydrogen-bond donors (Lipinski definition) is 0. The van der Waals surface area contributed by atoms with Gasteiger partial charge in [0.2, 0.25) is 5.91 Å². The van der Waals surface area contributed by atoms with Crippen LogP contribution in [0.2, 0.25) is 0 Å². The van der Waals surface area contributed by atoms with Gasteiger partial charge in [-0.3, -0.25) is 24.2 Å². The largest absolute Gasteiger partial charge is 0.379 e. The van der Waals surface area contributed by atoms with E-state index in [1.54, 1.807) is 24.3 Å². The predicted molar refractivity (Wildman–Crippen MR) is 108 cm³/mol. The summed E-state index contributed by atoms with van der Waals surface area (Å²) in [6, 6.07) is 6.89. The van der Waals surface area contributed by atoms with Crippen LogP contribution in [0.15, 0.2) is 24.3 Å². The molecule has 2 saturated heterocycles. The zero-order chi connectivity index (χ0) is 20.2. The maximum Gasteiger partial charge on any atom is 0.261 e. The Hall–Kier alpha value is -2.25. The molecule has 7 nitrogen and oxygen atoms in total. The molecular weight excluding hydrogens is 370 g/mol. The topological polar surface area (TPSA) is 70.2 Å². The maximum absolute atomic E-state index is 12.6. The lowest BCUT2D eigenvalue weighted by molar-refractivity contribution is -0.132. The molecule has 156 valence electrons. The van der Waals surface area contributed by atoms with Crippen LogP contribution in [0.3, 0.4) is 0 Å². The number of imide groups is 1. The van der Waals surface area contributed by atoms with Gasteiger partial charge in [-0.2, -0.15) is 0 Å². The molecule has 0 bridgehead atoms. The smallest absolute Gasteiger partial charge is 0.261 e. The third-order valence-electron chi connectivity index (χ3n) is 6.24. The van der Waals surface area contributed by atoms with Gasteiger partial charge in [-0.15, -0.1) is 0 Å². The number of fused-ring (bicyclic) bond motifs is 1. The van der Waals surface area contributed by atoms with E-state index in [4.69, 9.17) is 4.74 Å². The van der Waals surface area contributed by atoms with Gasteiger partial charge in [0.25, 0.3) is 11.8 Å². The Kier molecular flexibility index (Phi) is 6.25. The first-order valence-electron chi connectivity index (χ1n) is 10.7. The molecule has 3 heterocycles. The molecule has 0 spiro atoms.